The van der Waals surface area contributed by atoms with E-state index in [2.05, 4.69) is 42.6 Å². The second-order valence-corrected chi connectivity index (χ2v) is 5.83. The van der Waals surface area contributed by atoms with Crippen molar-refractivity contribution in [2.45, 2.75) is 26.7 Å². The van der Waals surface area contributed by atoms with Crippen molar-refractivity contribution in [2.24, 2.45) is 17.8 Å². The highest BCUT2D eigenvalue weighted by molar-refractivity contribution is 5.53. The molecule has 2 aliphatic rings. The van der Waals surface area contributed by atoms with E-state index >= 15 is 0 Å². The molecule has 0 aromatic heterocycles. The van der Waals surface area contributed by atoms with Crippen LogP contribution in [0.4, 0.5) is 5.69 Å². The van der Waals surface area contributed by atoms with E-state index in [4.69, 9.17) is 4.74 Å². The molecule has 1 fully saturated rings. The minimum absolute atomic E-state index is 0.726. The second kappa shape index (κ2) is 5.28. The largest absolute Gasteiger partial charge is 0.494 e. The summed E-state index contributed by atoms with van der Waals surface area (Å²) in [5.41, 5.74) is 2.51. The molecular formula is C17H23NO. The molecular weight excluding hydrogens is 234 g/mol. The number of nitrogens with one attached hydrogen (secondary N) is 1. The van der Waals surface area contributed by atoms with Crippen LogP contribution < -0.4 is 10.1 Å². The van der Waals surface area contributed by atoms with Gasteiger partial charge in [-0.25, -0.2) is 0 Å². The highest BCUT2D eigenvalue weighted by Crippen LogP contribution is 2.43. The molecule has 2 nitrogen and oxygen atoms in total. The first-order chi connectivity index (χ1) is 9.26. The van der Waals surface area contributed by atoms with Gasteiger partial charge in [0.15, 0.2) is 0 Å². The van der Waals surface area contributed by atoms with Crippen molar-refractivity contribution in [3.8, 4) is 5.75 Å². The normalized spacial score (nSPS) is 27.8. The molecule has 3 rings (SSSR count). The van der Waals surface area contributed by atoms with Gasteiger partial charge in [0.05, 0.1) is 6.61 Å². The van der Waals surface area contributed by atoms with Gasteiger partial charge in [0.25, 0.3) is 0 Å². The third-order valence-electron chi connectivity index (χ3n) is 4.48. The van der Waals surface area contributed by atoms with Crippen LogP contribution in [0, 0.1) is 24.7 Å². The molecule has 0 spiro atoms. The monoisotopic (exact) mass is 257 g/mol. The van der Waals surface area contributed by atoms with Crippen LogP contribution in [0.25, 0.3) is 0 Å². The Balaban J connectivity index is 1.59. The number of fused-ring (bicyclic) bond motifs is 2. The van der Waals surface area contributed by atoms with Crippen molar-refractivity contribution >= 4 is 5.69 Å². The lowest BCUT2D eigenvalue weighted by atomic mass is 9.93. The minimum Gasteiger partial charge on any atom is -0.494 e. The summed E-state index contributed by atoms with van der Waals surface area (Å²) in [5.74, 6) is 3.47. The average Bonchev–Trinajstić information content (AvgIpc) is 3.00. The zero-order valence-electron chi connectivity index (χ0n) is 11.9. The molecule has 102 valence electrons. The first-order valence-electron chi connectivity index (χ1n) is 7.42. The molecule has 19 heavy (non-hydrogen) atoms. The molecule has 2 aliphatic carbocycles. The number of rotatable bonds is 5. The Morgan fingerprint density at radius 1 is 1.26 bits per heavy atom. The molecule has 1 saturated carbocycles. The molecule has 0 amide bonds. The first-order valence-corrected chi connectivity index (χ1v) is 7.42. The molecule has 3 atom stereocenters. The van der Waals surface area contributed by atoms with Crippen LogP contribution in [0.1, 0.15) is 25.3 Å². The van der Waals surface area contributed by atoms with Gasteiger partial charge >= 0.3 is 0 Å². The Bertz CT molecular complexity index is 480. The van der Waals surface area contributed by atoms with Gasteiger partial charge < -0.3 is 10.1 Å². The van der Waals surface area contributed by atoms with Gasteiger partial charge in [-0.05, 0) is 68.2 Å². The molecule has 3 unspecified atom stereocenters. The standard InChI is InChI=1S/C17H23NO/c1-3-19-16-6-7-17(12(2)8-16)18-11-15-10-13-4-5-14(15)9-13/h4-8,13-15,18H,3,9-11H2,1-2H3. The summed E-state index contributed by atoms with van der Waals surface area (Å²) in [5, 5.41) is 3.62. The lowest BCUT2D eigenvalue weighted by molar-refractivity contribution is 0.340. The van der Waals surface area contributed by atoms with E-state index in [1.165, 1.54) is 24.1 Å². The van der Waals surface area contributed by atoms with Gasteiger partial charge in [0.1, 0.15) is 5.75 Å². The number of ether oxygens (including phenoxy) is 1. The van der Waals surface area contributed by atoms with Crippen molar-refractivity contribution < 1.29 is 4.74 Å². The molecule has 1 N–H and O–H groups in total. The van der Waals surface area contributed by atoms with Crippen LogP contribution in [0.15, 0.2) is 30.4 Å². The minimum atomic E-state index is 0.726. The topological polar surface area (TPSA) is 21.3 Å². The Labute approximate surface area is 115 Å². The number of anilines is 1. The third kappa shape index (κ3) is 2.63. The van der Waals surface area contributed by atoms with Crippen molar-refractivity contribution in [1.29, 1.82) is 0 Å². The van der Waals surface area contributed by atoms with E-state index in [-0.39, 0.29) is 0 Å². The van der Waals surface area contributed by atoms with Crippen LogP contribution >= 0.6 is 0 Å². The second-order valence-electron chi connectivity index (χ2n) is 5.83. The lowest BCUT2D eigenvalue weighted by Gasteiger charge is -2.20. The van der Waals surface area contributed by atoms with E-state index in [1.54, 1.807) is 0 Å². The van der Waals surface area contributed by atoms with Gasteiger partial charge in [0.2, 0.25) is 0 Å². The Morgan fingerprint density at radius 2 is 2.16 bits per heavy atom. The van der Waals surface area contributed by atoms with E-state index in [0.29, 0.717) is 0 Å². The SMILES string of the molecule is CCOc1ccc(NCC2CC3C=CC2C3)c(C)c1. The summed E-state index contributed by atoms with van der Waals surface area (Å²) in [4.78, 5) is 0. The van der Waals surface area contributed by atoms with E-state index in [0.717, 1.165) is 36.7 Å². The van der Waals surface area contributed by atoms with E-state index < -0.39 is 0 Å². The predicted octanol–water partition coefficient (Wildman–Crippen LogP) is 4.02. The van der Waals surface area contributed by atoms with Gasteiger partial charge in [-0.1, -0.05) is 12.2 Å². The maximum absolute atomic E-state index is 5.52. The number of hydrogen-bond donors (Lipinski definition) is 1. The van der Waals surface area contributed by atoms with Crippen molar-refractivity contribution in [1.82, 2.24) is 0 Å². The fourth-order valence-electron chi connectivity index (χ4n) is 3.46. The van der Waals surface area contributed by atoms with Crippen LogP contribution in [0.5, 0.6) is 5.75 Å². The molecule has 0 radical (unpaired) electrons. The van der Waals surface area contributed by atoms with Crippen molar-refractivity contribution in [3.63, 3.8) is 0 Å². The summed E-state index contributed by atoms with van der Waals surface area (Å²) < 4.78 is 5.52. The zero-order chi connectivity index (χ0) is 13.2. The number of benzene rings is 1. The average molecular weight is 257 g/mol. The maximum atomic E-state index is 5.52. The van der Waals surface area contributed by atoms with Gasteiger partial charge in [-0.15, -0.1) is 0 Å². The Kier molecular flexibility index (Phi) is 3.50. The molecule has 1 aromatic carbocycles. The van der Waals surface area contributed by atoms with E-state index in [1.807, 2.05) is 6.92 Å². The highest BCUT2D eigenvalue weighted by Gasteiger charge is 2.35. The molecule has 0 heterocycles. The third-order valence-corrected chi connectivity index (χ3v) is 4.48. The number of hydrogen-bond acceptors (Lipinski definition) is 2. The summed E-state index contributed by atoms with van der Waals surface area (Å²) in [6.45, 7) is 5.99. The smallest absolute Gasteiger partial charge is 0.119 e. The molecule has 0 aliphatic heterocycles. The van der Waals surface area contributed by atoms with Crippen LogP contribution in [0.2, 0.25) is 0 Å². The maximum Gasteiger partial charge on any atom is 0.119 e. The summed E-state index contributed by atoms with van der Waals surface area (Å²) in [6, 6.07) is 6.31. The van der Waals surface area contributed by atoms with Gasteiger partial charge in [0, 0.05) is 12.2 Å². The molecule has 2 bridgehead atoms. The molecule has 2 heteroatoms. The number of aryl methyl sites for hydroxylation is 1. The first kappa shape index (κ1) is 12.6. The van der Waals surface area contributed by atoms with Crippen molar-refractivity contribution in [2.75, 3.05) is 18.5 Å². The Hall–Kier alpha value is -1.44. The number of allylic oxidation sites excluding steroid dienone is 2. The van der Waals surface area contributed by atoms with Crippen LogP contribution in [-0.2, 0) is 0 Å². The molecule has 0 saturated heterocycles. The van der Waals surface area contributed by atoms with Gasteiger partial charge in [-0.3, -0.25) is 0 Å². The highest BCUT2D eigenvalue weighted by atomic mass is 16.5. The quantitative estimate of drug-likeness (QED) is 0.804. The fraction of sp³-hybridized carbons (Fsp3) is 0.529. The summed E-state index contributed by atoms with van der Waals surface area (Å²) >= 11 is 0. The van der Waals surface area contributed by atoms with Gasteiger partial charge in [-0.2, -0.15) is 0 Å². The van der Waals surface area contributed by atoms with Crippen LogP contribution in [0.3, 0.4) is 0 Å². The van der Waals surface area contributed by atoms with E-state index in [9.17, 15) is 0 Å². The lowest BCUT2D eigenvalue weighted by Crippen LogP contribution is -2.18. The zero-order valence-corrected chi connectivity index (χ0v) is 11.9. The predicted molar refractivity (Wildman–Crippen MR) is 79.7 cm³/mol. The molecule has 1 aromatic rings. The summed E-state index contributed by atoms with van der Waals surface area (Å²) in [7, 11) is 0. The summed E-state index contributed by atoms with van der Waals surface area (Å²) in [6.07, 6.45) is 7.58. The fourth-order valence-corrected chi connectivity index (χ4v) is 3.46. The van der Waals surface area contributed by atoms with Crippen molar-refractivity contribution in [3.05, 3.63) is 35.9 Å². The Morgan fingerprint density at radius 3 is 2.79 bits per heavy atom. The van der Waals surface area contributed by atoms with Crippen LogP contribution in [-0.4, -0.2) is 13.2 Å².